The molecule has 29 heavy (non-hydrogen) atoms. The molecule has 2 aliphatic heterocycles. The van der Waals surface area contributed by atoms with E-state index in [2.05, 4.69) is 30.6 Å². The average molecular weight is 427 g/mol. The van der Waals surface area contributed by atoms with Crippen LogP contribution in [0.25, 0.3) is 0 Å². The molecular formula is C16H21N5O7S. The van der Waals surface area contributed by atoms with Gasteiger partial charge in [0.2, 0.25) is 0 Å². The largest absolute Gasteiger partial charge is 0.477 e. The second-order valence-electron chi connectivity index (χ2n) is 5.95. The molecule has 0 aromatic rings. The van der Waals surface area contributed by atoms with E-state index in [9.17, 15) is 24.3 Å². The molecule has 158 valence electrons. The van der Waals surface area contributed by atoms with Gasteiger partial charge in [0, 0.05) is 5.75 Å². The van der Waals surface area contributed by atoms with Crippen molar-refractivity contribution in [3.63, 3.8) is 0 Å². The van der Waals surface area contributed by atoms with Crippen molar-refractivity contribution in [1.29, 1.82) is 0 Å². The van der Waals surface area contributed by atoms with Gasteiger partial charge in [-0.05, 0) is 26.3 Å². The minimum absolute atomic E-state index is 0.0132. The number of rotatable bonds is 7. The van der Waals surface area contributed by atoms with Gasteiger partial charge in [0.05, 0.1) is 12.3 Å². The van der Waals surface area contributed by atoms with Crippen molar-refractivity contribution in [3.05, 3.63) is 11.3 Å². The van der Waals surface area contributed by atoms with E-state index in [4.69, 9.17) is 0 Å². The van der Waals surface area contributed by atoms with Crippen LogP contribution in [0.5, 0.6) is 0 Å². The highest BCUT2D eigenvalue weighted by Gasteiger charge is 2.54. The lowest BCUT2D eigenvalue weighted by Crippen LogP contribution is -2.71. The van der Waals surface area contributed by atoms with Gasteiger partial charge in [0.1, 0.15) is 24.2 Å². The van der Waals surface area contributed by atoms with E-state index < -0.39 is 35.3 Å². The Morgan fingerprint density at radius 1 is 1.38 bits per heavy atom. The summed E-state index contributed by atoms with van der Waals surface area (Å²) in [6.45, 7) is 4.82. The molecule has 0 saturated carbocycles. The van der Waals surface area contributed by atoms with Crippen LogP contribution in [-0.4, -0.2) is 76.2 Å². The highest BCUT2D eigenvalue weighted by atomic mass is 32.2. The maximum atomic E-state index is 12.6. The predicted octanol–water partition coefficient (Wildman–Crippen LogP) is -0.131. The van der Waals surface area contributed by atoms with E-state index >= 15 is 0 Å². The van der Waals surface area contributed by atoms with Gasteiger partial charge in [-0.25, -0.2) is 15.0 Å². The van der Waals surface area contributed by atoms with Crippen molar-refractivity contribution in [3.8, 4) is 0 Å². The van der Waals surface area contributed by atoms with Gasteiger partial charge in [-0.2, -0.15) is 5.10 Å². The lowest BCUT2D eigenvalue weighted by atomic mass is 10.0. The number of β-lactam (4-membered cyclic amide) rings is 1. The summed E-state index contributed by atoms with van der Waals surface area (Å²) in [5.41, 5.74) is 2.36. The molecule has 13 heteroatoms. The molecule has 0 spiro atoms. The molecule has 0 aliphatic carbocycles. The number of oxime groups is 1. The highest BCUT2D eigenvalue weighted by molar-refractivity contribution is 8.00. The summed E-state index contributed by atoms with van der Waals surface area (Å²) in [6.07, 6.45) is -0.809. The summed E-state index contributed by atoms with van der Waals surface area (Å²) in [4.78, 5) is 53.6. The lowest BCUT2D eigenvalue weighted by Gasteiger charge is -2.49. The molecule has 3 amide bonds. The number of amides is 3. The first-order valence-electron chi connectivity index (χ1n) is 8.50. The molecule has 1 saturated heterocycles. The highest BCUT2D eigenvalue weighted by Crippen LogP contribution is 2.40. The van der Waals surface area contributed by atoms with Gasteiger partial charge in [-0.15, -0.1) is 11.8 Å². The maximum Gasteiger partial charge on any atom is 0.427 e. The van der Waals surface area contributed by atoms with E-state index in [0.717, 1.165) is 4.90 Å². The van der Waals surface area contributed by atoms with Crippen LogP contribution in [0.2, 0.25) is 0 Å². The number of aliphatic carboxylic acids is 1. The Kier molecular flexibility index (Phi) is 7.20. The molecule has 0 radical (unpaired) electrons. The van der Waals surface area contributed by atoms with Gasteiger partial charge in [0.25, 0.3) is 11.8 Å². The molecule has 0 bridgehead atoms. The van der Waals surface area contributed by atoms with Crippen molar-refractivity contribution in [2.45, 2.75) is 32.2 Å². The van der Waals surface area contributed by atoms with Gasteiger partial charge in [0.15, 0.2) is 5.71 Å². The van der Waals surface area contributed by atoms with Gasteiger partial charge < -0.3 is 20.0 Å². The minimum Gasteiger partial charge on any atom is -0.477 e. The van der Waals surface area contributed by atoms with Gasteiger partial charge >= 0.3 is 12.1 Å². The predicted molar refractivity (Wildman–Crippen MR) is 103 cm³/mol. The number of fused-ring (bicyclic) bond motifs is 1. The Morgan fingerprint density at radius 3 is 2.66 bits per heavy atom. The van der Waals surface area contributed by atoms with E-state index in [1.807, 2.05) is 0 Å². The van der Waals surface area contributed by atoms with Gasteiger partial charge in [-0.3, -0.25) is 14.5 Å². The summed E-state index contributed by atoms with van der Waals surface area (Å²) in [5, 5.41) is 18.6. The molecule has 2 rings (SSSR count). The molecule has 3 N–H and O–H groups in total. The normalized spacial score (nSPS) is 21.8. The average Bonchev–Trinajstić information content (AvgIpc) is 2.67. The molecule has 2 aliphatic rings. The number of carbonyl (C=O) groups excluding carboxylic acids is 3. The molecule has 2 heterocycles. The van der Waals surface area contributed by atoms with Crippen molar-refractivity contribution in [2.75, 3.05) is 19.5 Å². The third-order valence-electron chi connectivity index (χ3n) is 3.98. The molecule has 12 nitrogen and oxygen atoms in total. The van der Waals surface area contributed by atoms with Crippen molar-refractivity contribution in [2.24, 2.45) is 10.3 Å². The number of carboxylic acids is 1. The number of carbonyl (C=O) groups is 4. The van der Waals surface area contributed by atoms with E-state index in [-0.39, 0.29) is 23.7 Å². The standard InChI is InChI=1S/C16H21N5O7S/c1-5-28-16(26)19-18-8(3)9(20-27-4)12(22)17-10-13(23)21-11(15(24)25)7(2)6-29-14(10)21/h10,14H,5-6H2,1-4H3,(H,17,22)(H,19,26)(H,24,25)/t10?,14-/m1/s1. The minimum atomic E-state index is -1.19. The number of hydrogen-bond acceptors (Lipinski definition) is 9. The summed E-state index contributed by atoms with van der Waals surface area (Å²) in [6, 6.07) is -0.928. The van der Waals surface area contributed by atoms with Crippen LogP contribution in [0, 0.1) is 0 Å². The Morgan fingerprint density at radius 2 is 2.07 bits per heavy atom. The number of thioether (sulfide) groups is 1. The van der Waals surface area contributed by atoms with Crippen LogP contribution in [0.3, 0.4) is 0 Å². The topological polar surface area (TPSA) is 159 Å². The van der Waals surface area contributed by atoms with Crippen molar-refractivity contribution < 1.29 is 33.9 Å². The third kappa shape index (κ3) is 4.67. The van der Waals surface area contributed by atoms with Crippen molar-refractivity contribution in [1.82, 2.24) is 15.6 Å². The third-order valence-corrected chi connectivity index (χ3v) is 5.40. The number of carboxylic acid groups (broad SMARTS) is 1. The fourth-order valence-corrected chi connectivity index (χ4v) is 3.99. The Labute approximate surface area is 170 Å². The zero-order valence-electron chi connectivity index (χ0n) is 16.2. The molecule has 1 fully saturated rings. The zero-order valence-corrected chi connectivity index (χ0v) is 17.0. The van der Waals surface area contributed by atoms with E-state index in [1.165, 1.54) is 25.8 Å². The number of nitrogens with one attached hydrogen (secondary N) is 2. The van der Waals surface area contributed by atoms with E-state index in [0.29, 0.717) is 11.3 Å². The number of ether oxygens (including phenoxy) is 1. The Balaban J connectivity index is 2.11. The smallest absolute Gasteiger partial charge is 0.427 e. The molecule has 1 unspecified atom stereocenters. The van der Waals surface area contributed by atoms with Crippen LogP contribution in [0.1, 0.15) is 20.8 Å². The first kappa shape index (κ1) is 22.2. The molecule has 0 aromatic carbocycles. The van der Waals surface area contributed by atoms with E-state index in [1.54, 1.807) is 13.8 Å². The van der Waals surface area contributed by atoms with Crippen LogP contribution in [-0.2, 0) is 24.0 Å². The number of nitrogens with zero attached hydrogens (tertiary/aromatic N) is 3. The second-order valence-corrected chi connectivity index (χ2v) is 7.05. The summed E-state index contributed by atoms with van der Waals surface area (Å²) >= 11 is 1.34. The molecule has 2 atom stereocenters. The first-order chi connectivity index (χ1) is 13.7. The van der Waals surface area contributed by atoms with Gasteiger partial charge in [-0.1, -0.05) is 5.16 Å². The van der Waals surface area contributed by atoms with Crippen LogP contribution < -0.4 is 10.7 Å². The second kappa shape index (κ2) is 9.41. The Bertz CT molecular complexity index is 822. The SMILES string of the molecule is CCOC(=O)NN=C(C)C(=NOC)C(=O)NC1C(=O)N2C(C(=O)O)=C(C)CS[C@H]12. The summed E-state index contributed by atoms with van der Waals surface area (Å²) in [7, 11) is 1.22. The van der Waals surface area contributed by atoms with Crippen LogP contribution in [0.15, 0.2) is 21.5 Å². The molecular weight excluding hydrogens is 406 g/mol. The number of hydrogen-bond donors (Lipinski definition) is 3. The van der Waals surface area contributed by atoms with Crippen LogP contribution >= 0.6 is 11.8 Å². The lowest BCUT2D eigenvalue weighted by molar-refractivity contribution is -0.150. The first-order valence-corrected chi connectivity index (χ1v) is 9.54. The Hall–Kier alpha value is -3.09. The van der Waals surface area contributed by atoms with Crippen molar-refractivity contribution >= 4 is 47.1 Å². The van der Waals surface area contributed by atoms with Crippen LogP contribution in [0.4, 0.5) is 4.79 Å². The fourth-order valence-electron chi connectivity index (χ4n) is 2.69. The number of hydrazone groups is 1. The summed E-state index contributed by atoms with van der Waals surface area (Å²) in [5.74, 6) is -2.07. The fraction of sp³-hybridized carbons (Fsp3) is 0.500. The molecule has 0 aromatic heterocycles. The quantitative estimate of drug-likeness (QED) is 0.288. The zero-order chi connectivity index (χ0) is 21.7. The maximum absolute atomic E-state index is 12.6. The summed E-state index contributed by atoms with van der Waals surface area (Å²) < 4.78 is 4.66. The monoisotopic (exact) mass is 427 g/mol.